The molecule has 0 saturated carbocycles. The summed E-state index contributed by atoms with van der Waals surface area (Å²) in [5.41, 5.74) is 2.18. The molecule has 5 nitrogen and oxygen atoms in total. The van der Waals surface area contributed by atoms with Gasteiger partial charge in [-0.25, -0.2) is 0 Å². The molecule has 0 bridgehead atoms. The number of carbonyl (C=O) groups is 1. The van der Waals surface area contributed by atoms with E-state index < -0.39 is 0 Å². The predicted octanol–water partition coefficient (Wildman–Crippen LogP) is 3.95. The lowest BCUT2D eigenvalue weighted by atomic mass is 10.1. The molecule has 1 amide bonds. The van der Waals surface area contributed by atoms with Gasteiger partial charge in [-0.2, -0.15) is 5.10 Å². The van der Waals surface area contributed by atoms with Gasteiger partial charge in [0.25, 0.3) is 0 Å². The van der Waals surface area contributed by atoms with Crippen molar-refractivity contribution in [2.45, 2.75) is 46.6 Å². The number of aryl methyl sites for hydroxylation is 1. The largest absolute Gasteiger partial charge is 0.343 e. The Morgan fingerprint density at radius 1 is 1.29 bits per heavy atom. The minimum absolute atomic E-state index is 0.178. The van der Waals surface area contributed by atoms with Gasteiger partial charge in [-0.3, -0.25) is 14.5 Å². The third kappa shape index (κ3) is 4.54. The van der Waals surface area contributed by atoms with Crippen LogP contribution < -0.4 is 0 Å². The third-order valence-electron chi connectivity index (χ3n) is 3.92. The molecule has 2 rings (SSSR count). The molecule has 0 spiro atoms. The number of carbonyl (C=O) groups excluding carboxylic acids is 1. The Morgan fingerprint density at radius 3 is 2.62 bits per heavy atom. The molecule has 0 unspecified atom stereocenters. The van der Waals surface area contributed by atoms with Crippen molar-refractivity contribution < 1.29 is 4.79 Å². The molecule has 1 N–H and O–H groups in total. The Labute approximate surface area is 148 Å². The van der Waals surface area contributed by atoms with Gasteiger partial charge in [0.2, 0.25) is 5.91 Å². The van der Waals surface area contributed by atoms with E-state index in [-0.39, 0.29) is 5.91 Å². The number of amides is 1. The zero-order valence-corrected chi connectivity index (χ0v) is 15.5. The lowest BCUT2D eigenvalue weighted by molar-refractivity contribution is -0.131. The molecule has 0 atom stereocenters. The fraction of sp³-hybridized carbons (Fsp3) is 0.500. The highest BCUT2D eigenvalue weighted by atomic mass is 32.1. The van der Waals surface area contributed by atoms with Crippen molar-refractivity contribution in [1.29, 1.82) is 0 Å². The standard InChI is InChI=1S/C18H26N4OS/c1-4-10-21(11-5-2)16(23)9-12-22-17(19-20-18(22)24)15-8-6-7-14(3)13-15/h6-8,13H,4-5,9-12H2,1-3H3,(H,20,24). The van der Waals surface area contributed by atoms with E-state index in [1.54, 1.807) is 0 Å². The van der Waals surface area contributed by atoms with Crippen molar-refractivity contribution in [3.05, 3.63) is 34.6 Å². The van der Waals surface area contributed by atoms with Crippen LogP contribution in [0.4, 0.5) is 0 Å². The molecular weight excluding hydrogens is 320 g/mol. The summed E-state index contributed by atoms with van der Waals surface area (Å²) in [5, 5.41) is 7.19. The summed E-state index contributed by atoms with van der Waals surface area (Å²) in [6.45, 7) is 8.41. The molecule has 1 aromatic heterocycles. The lowest BCUT2D eigenvalue weighted by Gasteiger charge is -2.21. The maximum atomic E-state index is 12.5. The molecule has 0 aliphatic rings. The SMILES string of the molecule is CCCN(CCC)C(=O)CCn1c(-c2cccc(C)c2)n[nH]c1=S. The maximum Gasteiger partial charge on any atom is 0.224 e. The summed E-state index contributed by atoms with van der Waals surface area (Å²) in [5.74, 6) is 0.964. The van der Waals surface area contributed by atoms with Crippen LogP contribution in [0.25, 0.3) is 11.4 Å². The van der Waals surface area contributed by atoms with E-state index in [9.17, 15) is 4.79 Å². The monoisotopic (exact) mass is 346 g/mol. The summed E-state index contributed by atoms with van der Waals surface area (Å²) < 4.78 is 2.47. The van der Waals surface area contributed by atoms with Crippen LogP contribution >= 0.6 is 12.2 Å². The summed E-state index contributed by atoms with van der Waals surface area (Å²) in [6.07, 6.45) is 2.39. The molecule has 24 heavy (non-hydrogen) atoms. The zero-order chi connectivity index (χ0) is 17.5. The van der Waals surface area contributed by atoms with E-state index in [0.717, 1.165) is 37.3 Å². The Morgan fingerprint density at radius 2 is 2.00 bits per heavy atom. The number of H-pyrrole nitrogens is 1. The van der Waals surface area contributed by atoms with E-state index in [4.69, 9.17) is 12.2 Å². The van der Waals surface area contributed by atoms with Crippen molar-refractivity contribution in [2.24, 2.45) is 0 Å². The van der Waals surface area contributed by atoms with Gasteiger partial charge in [-0.05, 0) is 38.0 Å². The molecular formula is C18H26N4OS. The van der Waals surface area contributed by atoms with Crippen LogP contribution in [0.5, 0.6) is 0 Å². The van der Waals surface area contributed by atoms with Gasteiger partial charge < -0.3 is 4.90 Å². The minimum atomic E-state index is 0.178. The zero-order valence-electron chi connectivity index (χ0n) is 14.7. The quantitative estimate of drug-likeness (QED) is 0.736. The van der Waals surface area contributed by atoms with Crippen molar-refractivity contribution in [1.82, 2.24) is 19.7 Å². The van der Waals surface area contributed by atoms with Crippen LogP contribution in [0.15, 0.2) is 24.3 Å². The maximum absolute atomic E-state index is 12.5. The smallest absolute Gasteiger partial charge is 0.224 e. The van der Waals surface area contributed by atoms with Gasteiger partial charge in [-0.15, -0.1) is 0 Å². The van der Waals surface area contributed by atoms with Gasteiger partial charge in [0.05, 0.1) is 0 Å². The normalized spacial score (nSPS) is 10.8. The Bertz CT molecular complexity index is 729. The topological polar surface area (TPSA) is 53.9 Å². The van der Waals surface area contributed by atoms with E-state index in [1.165, 1.54) is 5.56 Å². The van der Waals surface area contributed by atoms with Crippen LogP contribution in [0.3, 0.4) is 0 Å². The number of aromatic amines is 1. The summed E-state index contributed by atoms with van der Waals surface area (Å²) >= 11 is 5.35. The van der Waals surface area contributed by atoms with E-state index in [1.807, 2.05) is 34.6 Å². The molecule has 1 heterocycles. The number of nitrogens with one attached hydrogen (secondary N) is 1. The van der Waals surface area contributed by atoms with E-state index in [2.05, 4.69) is 30.1 Å². The number of aromatic nitrogens is 3. The van der Waals surface area contributed by atoms with Gasteiger partial charge in [-0.1, -0.05) is 37.6 Å². The first-order chi connectivity index (χ1) is 11.6. The first kappa shape index (κ1) is 18.4. The summed E-state index contributed by atoms with van der Waals surface area (Å²) in [7, 11) is 0. The van der Waals surface area contributed by atoms with Crippen LogP contribution in [0.2, 0.25) is 0 Å². The fourth-order valence-electron chi connectivity index (χ4n) is 2.80. The van der Waals surface area contributed by atoms with Crippen LogP contribution in [-0.4, -0.2) is 38.7 Å². The predicted molar refractivity (Wildman–Crippen MR) is 99.4 cm³/mol. The fourth-order valence-corrected chi connectivity index (χ4v) is 3.02. The van der Waals surface area contributed by atoms with Crippen molar-refractivity contribution in [2.75, 3.05) is 13.1 Å². The van der Waals surface area contributed by atoms with Gasteiger partial charge in [0.15, 0.2) is 10.6 Å². The summed E-state index contributed by atoms with van der Waals surface area (Å²) in [6, 6.07) is 8.13. The lowest BCUT2D eigenvalue weighted by Crippen LogP contribution is -2.33. The van der Waals surface area contributed by atoms with E-state index >= 15 is 0 Å². The molecule has 0 fully saturated rings. The molecule has 0 radical (unpaired) electrons. The molecule has 6 heteroatoms. The first-order valence-electron chi connectivity index (χ1n) is 8.56. The van der Waals surface area contributed by atoms with E-state index in [0.29, 0.717) is 17.7 Å². The average Bonchev–Trinajstić information content (AvgIpc) is 2.93. The highest BCUT2D eigenvalue weighted by molar-refractivity contribution is 7.71. The molecule has 0 aliphatic carbocycles. The number of benzene rings is 1. The van der Waals surface area contributed by atoms with Crippen molar-refractivity contribution in [3.63, 3.8) is 0 Å². The average molecular weight is 346 g/mol. The molecule has 130 valence electrons. The third-order valence-corrected chi connectivity index (χ3v) is 4.24. The summed E-state index contributed by atoms with van der Waals surface area (Å²) in [4.78, 5) is 14.4. The number of rotatable bonds is 8. The molecule has 0 aliphatic heterocycles. The highest BCUT2D eigenvalue weighted by Crippen LogP contribution is 2.19. The second kappa shape index (κ2) is 8.78. The van der Waals surface area contributed by atoms with Crippen molar-refractivity contribution >= 4 is 18.1 Å². The van der Waals surface area contributed by atoms with Crippen LogP contribution in [-0.2, 0) is 11.3 Å². The minimum Gasteiger partial charge on any atom is -0.343 e. The van der Waals surface area contributed by atoms with Gasteiger partial charge >= 0.3 is 0 Å². The second-order valence-corrected chi connectivity index (χ2v) is 6.39. The van der Waals surface area contributed by atoms with Crippen molar-refractivity contribution in [3.8, 4) is 11.4 Å². The second-order valence-electron chi connectivity index (χ2n) is 6.00. The van der Waals surface area contributed by atoms with Crippen LogP contribution in [0.1, 0.15) is 38.7 Å². The van der Waals surface area contributed by atoms with Gasteiger partial charge in [0.1, 0.15) is 0 Å². The Kier molecular flexibility index (Phi) is 6.73. The number of hydrogen-bond acceptors (Lipinski definition) is 3. The molecule has 2 aromatic rings. The number of hydrogen-bond donors (Lipinski definition) is 1. The molecule has 0 saturated heterocycles. The molecule has 1 aromatic carbocycles. The highest BCUT2D eigenvalue weighted by Gasteiger charge is 2.14. The first-order valence-corrected chi connectivity index (χ1v) is 8.97. The Hall–Kier alpha value is -1.95. The Balaban J connectivity index is 2.14. The van der Waals surface area contributed by atoms with Gasteiger partial charge in [0, 0.05) is 31.6 Å². The van der Waals surface area contributed by atoms with Crippen LogP contribution in [0, 0.1) is 11.7 Å². The number of nitrogens with zero attached hydrogens (tertiary/aromatic N) is 3.